The van der Waals surface area contributed by atoms with Gasteiger partial charge in [-0.1, -0.05) is 6.92 Å². The van der Waals surface area contributed by atoms with Gasteiger partial charge in [-0.15, -0.1) is 0 Å². The highest BCUT2D eigenvalue weighted by Crippen LogP contribution is 2.27. The van der Waals surface area contributed by atoms with E-state index in [1.807, 2.05) is 0 Å². The molecule has 17 heavy (non-hydrogen) atoms. The Morgan fingerprint density at radius 3 is 2.88 bits per heavy atom. The summed E-state index contributed by atoms with van der Waals surface area (Å²) in [5, 5.41) is 12.5. The Balaban J connectivity index is 1.90. The molecule has 1 fully saturated rings. The summed E-state index contributed by atoms with van der Waals surface area (Å²) in [5.74, 6) is 2.65. The largest absolute Gasteiger partial charge is 0.393 e. The van der Waals surface area contributed by atoms with E-state index >= 15 is 0 Å². The van der Waals surface area contributed by atoms with Gasteiger partial charge in [0.2, 0.25) is 0 Å². The first kappa shape index (κ1) is 12.1. The minimum absolute atomic E-state index is 0.104. The van der Waals surface area contributed by atoms with Crippen molar-refractivity contribution in [2.45, 2.75) is 38.7 Å². The molecule has 0 spiro atoms. The van der Waals surface area contributed by atoms with Crippen molar-refractivity contribution >= 4 is 11.6 Å². The molecule has 1 aromatic heterocycles. The number of anilines is 2. The molecule has 1 aliphatic carbocycles. The molecule has 1 aromatic rings. The van der Waals surface area contributed by atoms with Crippen LogP contribution < -0.4 is 11.1 Å². The van der Waals surface area contributed by atoms with Crippen molar-refractivity contribution < 1.29 is 5.11 Å². The van der Waals surface area contributed by atoms with Crippen molar-refractivity contribution in [3.63, 3.8) is 0 Å². The van der Waals surface area contributed by atoms with Gasteiger partial charge in [0.1, 0.15) is 17.5 Å². The lowest BCUT2D eigenvalue weighted by atomic mass is 9.82. The molecular weight excluding hydrogens is 216 g/mol. The van der Waals surface area contributed by atoms with Crippen molar-refractivity contribution in [2.75, 3.05) is 17.6 Å². The van der Waals surface area contributed by atoms with Crippen LogP contribution in [0.15, 0.2) is 6.07 Å². The van der Waals surface area contributed by atoms with Crippen LogP contribution in [0.1, 0.15) is 32.0 Å². The van der Waals surface area contributed by atoms with Gasteiger partial charge in [-0.3, -0.25) is 0 Å². The zero-order valence-corrected chi connectivity index (χ0v) is 10.2. The van der Waals surface area contributed by atoms with Gasteiger partial charge >= 0.3 is 0 Å². The van der Waals surface area contributed by atoms with Crippen LogP contribution >= 0.6 is 0 Å². The zero-order chi connectivity index (χ0) is 12.3. The predicted molar refractivity (Wildman–Crippen MR) is 67.7 cm³/mol. The second-order valence-corrected chi connectivity index (χ2v) is 4.72. The van der Waals surface area contributed by atoms with Crippen molar-refractivity contribution in [3.8, 4) is 0 Å². The molecular formula is C12H20N4O. The van der Waals surface area contributed by atoms with Gasteiger partial charge in [0, 0.05) is 19.0 Å². The number of hydrogen-bond donors (Lipinski definition) is 3. The molecule has 0 unspecified atom stereocenters. The Labute approximate surface area is 101 Å². The van der Waals surface area contributed by atoms with Crippen LogP contribution in [0.5, 0.6) is 0 Å². The third-order valence-electron chi connectivity index (χ3n) is 3.05. The number of nitrogens with zero attached hydrogens (tertiary/aromatic N) is 2. The number of rotatable bonds is 5. The predicted octanol–water partition coefficient (Wildman–Crippen LogP) is 1.19. The fourth-order valence-corrected chi connectivity index (χ4v) is 2.06. The third-order valence-corrected chi connectivity index (χ3v) is 3.05. The molecule has 0 aromatic carbocycles. The topological polar surface area (TPSA) is 84.1 Å². The van der Waals surface area contributed by atoms with Gasteiger partial charge in [-0.05, 0) is 25.2 Å². The molecule has 0 atom stereocenters. The van der Waals surface area contributed by atoms with Gasteiger partial charge in [0.15, 0.2) is 0 Å². The molecule has 0 radical (unpaired) electrons. The monoisotopic (exact) mass is 236 g/mol. The minimum atomic E-state index is -0.104. The van der Waals surface area contributed by atoms with E-state index in [2.05, 4.69) is 22.2 Å². The summed E-state index contributed by atoms with van der Waals surface area (Å²) < 4.78 is 0. The van der Waals surface area contributed by atoms with Crippen LogP contribution in [0.25, 0.3) is 0 Å². The third kappa shape index (κ3) is 3.30. The highest BCUT2D eigenvalue weighted by Gasteiger charge is 2.26. The van der Waals surface area contributed by atoms with Crippen LogP contribution in [0.4, 0.5) is 11.6 Å². The Morgan fingerprint density at radius 2 is 2.24 bits per heavy atom. The summed E-state index contributed by atoms with van der Waals surface area (Å²) in [4.78, 5) is 8.59. The second-order valence-electron chi connectivity index (χ2n) is 4.72. The fraction of sp³-hybridized carbons (Fsp3) is 0.667. The van der Waals surface area contributed by atoms with E-state index in [0.717, 1.165) is 43.9 Å². The van der Waals surface area contributed by atoms with Crippen molar-refractivity contribution in [2.24, 2.45) is 5.92 Å². The molecule has 0 aliphatic heterocycles. The van der Waals surface area contributed by atoms with E-state index in [4.69, 9.17) is 5.73 Å². The number of aryl methyl sites for hydroxylation is 1. The van der Waals surface area contributed by atoms with Gasteiger partial charge in [-0.25, -0.2) is 9.97 Å². The molecule has 1 aliphatic rings. The number of nitrogens with two attached hydrogens (primary N) is 1. The molecule has 5 nitrogen and oxygen atoms in total. The number of aliphatic hydroxyl groups excluding tert-OH is 1. The normalized spacial score (nSPS) is 23.2. The highest BCUT2D eigenvalue weighted by atomic mass is 16.3. The quantitative estimate of drug-likeness (QED) is 0.715. The van der Waals surface area contributed by atoms with E-state index in [-0.39, 0.29) is 6.10 Å². The van der Waals surface area contributed by atoms with Gasteiger partial charge in [0.05, 0.1) is 6.10 Å². The van der Waals surface area contributed by atoms with E-state index in [9.17, 15) is 5.11 Å². The maximum Gasteiger partial charge on any atom is 0.133 e. The standard InChI is InChI=1S/C12H20N4O/c1-2-3-11-15-10(13)6-12(16-11)14-7-8-4-9(17)5-8/h6,8-9,17H,2-5,7H2,1H3,(H3,13,14,15,16). The Kier molecular flexibility index (Phi) is 3.78. The summed E-state index contributed by atoms with van der Waals surface area (Å²) in [7, 11) is 0. The van der Waals surface area contributed by atoms with Crippen LogP contribution in [-0.4, -0.2) is 27.7 Å². The van der Waals surface area contributed by atoms with Gasteiger partial charge < -0.3 is 16.2 Å². The van der Waals surface area contributed by atoms with Crippen molar-refractivity contribution in [1.82, 2.24) is 9.97 Å². The fourth-order valence-electron chi connectivity index (χ4n) is 2.06. The molecule has 1 saturated carbocycles. The minimum Gasteiger partial charge on any atom is -0.393 e. The summed E-state index contributed by atoms with van der Waals surface area (Å²) >= 11 is 0. The average Bonchev–Trinajstić information content (AvgIpc) is 2.22. The maximum absolute atomic E-state index is 9.20. The lowest BCUT2D eigenvalue weighted by Crippen LogP contribution is -2.33. The Bertz CT molecular complexity index is 377. The van der Waals surface area contributed by atoms with E-state index < -0.39 is 0 Å². The first-order chi connectivity index (χ1) is 8.17. The first-order valence-corrected chi connectivity index (χ1v) is 6.22. The summed E-state index contributed by atoms with van der Waals surface area (Å²) in [6, 6.07) is 1.76. The van der Waals surface area contributed by atoms with Crippen LogP contribution in [0, 0.1) is 5.92 Å². The number of hydrogen-bond acceptors (Lipinski definition) is 5. The van der Waals surface area contributed by atoms with Gasteiger partial charge in [-0.2, -0.15) is 0 Å². The van der Waals surface area contributed by atoms with Crippen molar-refractivity contribution in [1.29, 1.82) is 0 Å². The molecule has 94 valence electrons. The molecule has 5 heteroatoms. The molecule has 2 rings (SSSR count). The number of nitrogens with one attached hydrogen (secondary N) is 1. The van der Waals surface area contributed by atoms with Crippen LogP contribution in [0.2, 0.25) is 0 Å². The Hall–Kier alpha value is -1.36. The first-order valence-electron chi connectivity index (χ1n) is 6.22. The summed E-state index contributed by atoms with van der Waals surface area (Å²) in [6.07, 6.45) is 3.53. The molecule has 0 bridgehead atoms. The van der Waals surface area contributed by atoms with Gasteiger partial charge in [0.25, 0.3) is 0 Å². The molecule has 1 heterocycles. The number of aliphatic hydroxyl groups is 1. The second kappa shape index (κ2) is 5.31. The van der Waals surface area contributed by atoms with Crippen LogP contribution in [-0.2, 0) is 6.42 Å². The lowest BCUT2D eigenvalue weighted by molar-refractivity contribution is 0.0486. The van der Waals surface area contributed by atoms with E-state index in [1.54, 1.807) is 6.07 Å². The number of aromatic nitrogens is 2. The smallest absolute Gasteiger partial charge is 0.133 e. The zero-order valence-electron chi connectivity index (χ0n) is 10.2. The molecule has 0 saturated heterocycles. The molecule has 0 amide bonds. The van der Waals surface area contributed by atoms with Crippen LogP contribution in [0.3, 0.4) is 0 Å². The SMILES string of the molecule is CCCc1nc(N)cc(NCC2CC(O)C2)n1. The summed E-state index contributed by atoms with van der Waals surface area (Å²) in [5.41, 5.74) is 5.73. The lowest BCUT2D eigenvalue weighted by Gasteiger charge is -2.31. The van der Waals surface area contributed by atoms with Crippen molar-refractivity contribution in [3.05, 3.63) is 11.9 Å². The Morgan fingerprint density at radius 1 is 1.47 bits per heavy atom. The van der Waals surface area contributed by atoms with E-state index in [0.29, 0.717) is 11.7 Å². The number of nitrogen functional groups attached to an aromatic ring is 1. The van der Waals surface area contributed by atoms with E-state index in [1.165, 1.54) is 0 Å². The summed E-state index contributed by atoms with van der Waals surface area (Å²) in [6.45, 7) is 2.94. The highest BCUT2D eigenvalue weighted by molar-refractivity contribution is 5.44. The average molecular weight is 236 g/mol. The molecule has 4 N–H and O–H groups in total. The maximum atomic E-state index is 9.20.